The zero-order valence-electron chi connectivity index (χ0n) is 11.7. The Morgan fingerprint density at radius 3 is 2.80 bits per heavy atom. The van der Waals surface area contributed by atoms with Gasteiger partial charge in [0.15, 0.2) is 0 Å². The molecular formula is C13H19N3O3S. The second-order valence-corrected chi connectivity index (χ2v) is 7.10. The average Bonchev–Trinajstić information content (AvgIpc) is 2.38. The molecule has 0 bridgehead atoms. The highest BCUT2D eigenvalue weighted by Gasteiger charge is 2.26. The van der Waals surface area contributed by atoms with Gasteiger partial charge in [0, 0.05) is 31.0 Å². The van der Waals surface area contributed by atoms with Crippen molar-refractivity contribution >= 4 is 15.9 Å². The first-order valence-corrected chi connectivity index (χ1v) is 8.40. The second-order valence-electron chi connectivity index (χ2n) is 5.12. The van der Waals surface area contributed by atoms with E-state index in [1.807, 2.05) is 6.92 Å². The molecule has 1 aromatic heterocycles. The van der Waals surface area contributed by atoms with Crippen LogP contribution in [-0.2, 0) is 10.0 Å². The fourth-order valence-electron chi connectivity index (χ4n) is 2.23. The van der Waals surface area contributed by atoms with Gasteiger partial charge in [0.1, 0.15) is 0 Å². The first-order valence-electron chi connectivity index (χ1n) is 6.55. The van der Waals surface area contributed by atoms with Crippen LogP contribution in [0.5, 0.6) is 0 Å². The van der Waals surface area contributed by atoms with E-state index in [9.17, 15) is 13.2 Å². The minimum absolute atomic E-state index is 0.146. The third kappa shape index (κ3) is 3.77. The first kappa shape index (κ1) is 14.9. The van der Waals surface area contributed by atoms with E-state index in [0.29, 0.717) is 18.7 Å². The van der Waals surface area contributed by atoms with Crippen molar-refractivity contribution in [2.45, 2.75) is 25.8 Å². The van der Waals surface area contributed by atoms with Gasteiger partial charge < -0.3 is 5.32 Å². The highest BCUT2D eigenvalue weighted by Crippen LogP contribution is 2.13. The van der Waals surface area contributed by atoms with E-state index in [1.54, 1.807) is 12.1 Å². The molecule has 6 nitrogen and oxygen atoms in total. The van der Waals surface area contributed by atoms with Gasteiger partial charge in [-0.05, 0) is 31.9 Å². The molecule has 1 atom stereocenters. The summed E-state index contributed by atoms with van der Waals surface area (Å²) in [6.07, 6.45) is 4.27. The predicted molar refractivity (Wildman–Crippen MR) is 75.9 cm³/mol. The fraction of sp³-hybridized carbons (Fsp3) is 0.538. The van der Waals surface area contributed by atoms with Gasteiger partial charge in [0.2, 0.25) is 10.0 Å². The van der Waals surface area contributed by atoms with Crippen molar-refractivity contribution in [2.75, 3.05) is 19.3 Å². The number of carbonyl (C=O) groups is 1. The molecule has 7 heteroatoms. The van der Waals surface area contributed by atoms with E-state index in [0.717, 1.165) is 18.5 Å². The minimum atomic E-state index is -3.20. The third-order valence-electron chi connectivity index (χ3n) is 3.36. The Morgan fingerprint density at radius 1 is 1.45 bits per heavy atom. The first-order chi connectivity index (χ1) is 9.36. The number of aromatic nitrogens is 1. The molecule has 1 unspecified atom stereocenters. The summed E-state index contributed by atoms with van der Waals surface area (Å²) in [4.78, 5) is 16.1. The third-order valence-corrected chi connectivity index (χ3v) is 4.63. The number of nitrogens with zero attached hydrogens (tertiary/aromatic N) is 2. The van der Waals surface area contributed by atoms with Crippen LogP contribution in [0, 0.1) is 6.92 Å². The maximum absolute atomic E-state index is 12.1. The predicted octanol–water partition coefficient (Wildman–Crippen LogP) is 0.544. The van der Waals surface area contributed by atoms with Crippen molar-refractivity contribution in [3.8, 4) is 0 Å². The molecule has 110 valence electrons. The molecule has 0 saturated carbocycles. The summed E-state index contributed by atoms with van der Waals surface area (Å²) < 4.78 is 24.5. The van der Waals surface area contributed by atoms with E-state index in [1.165, 1.54) is 16.8 Å². The molecule has 1 saturated heterocycles. The van der Waals surface area contributed by atoms with Crippen LogP contribution in [0.25, 0.3) is 0 Å². The van der Waals surface area contributed by atoms with E-state index < -0.39 is 10.0 Å². The van der Waals surface area contributed by atoms with Crippen LogP contribution < -0.4 is 5.32 Å². The van der Waals surface area contributed by atoms with Gasteiger partial charge in [-0.2, -0.15) is 0 Å². The van der Waals surface area contributed by atoms with Crippen LogP contribution in [0.1, 0.15) is 28.9 Å². The number of piperidine rings is 1. The summed E-state index contributed by atoms with van der Waals surface area (Å²) in [5.41, 5.74) is 1.34. The lowest BCUT2D eigenvalue weighted by atomic mass is 10.1. The molecular weight excluding hydrogens is 278 g/mol. The molecule has 2 rings (SSSR count). The zero-order chi connectivity index (χ0) is 14.8. The molecule has 1 aromatic rings. The molecule has 0 radical (unpaired) electrons. The van der Waals surface area contributed by atoms with Crippen LogP contribution in [0.3, 0.4) is 0 Å². The Morgan fingerprint density at radius 2 is 2.20 bits per heavy atom. The number of pyridine rings is 1. The minimum Gasteiger partial charge on any atom is -0.348 e. The zero-order valence-corrected chi connectivity index (χ0v) is 12.5. The maximum Gasteiger partial charge on any atom is 0.253 e. The van der Waals surface area contributed by atoms with Crippen LogP contribution in [-0.4, -0.2) is 49.0 Å². The van der Waals surface area contributed by atoms with Gasteiger partial charge in [0.25, 0.3) is 5.91 Å². The number of amides is 1. The number of hydrogen-bond donors (Lipinski definition) is 1. The van der Waals surface area contributed by atoms with Crippen molar-refractivity contribution in [1.82, 2.24) is 14.6 Å². The van der Waals surface area contributed by atoms with Crippen LogP contribution in [0.4, 0.5) is 0 Å². The largest absolute Gasteiger partial charge is 0.348 e. The van der Waals surface area contributed by atoms with Crippen molar-refractivity contribution in [3.05, 3.63) is 29.6 Å². The highest BCUT2D eigenvalue weighted by molar-refractivity contribution is 7.88. The van der Waals surface area contributed by atoms with E-state index in [2.05, 4.69) is 10.3 Å². The Kier molecular flexibility index (Phi) is 4.39. The standard InChI is InChI=1S/C13H19N3O3S/c1-10-5-6-11(8-14-10)13(17)15-12-4-3-7-16(9-12)20(2,18)19/h5-6,8,12H,3-4,7,9H2,1-2H3,(H,15,17). The molecule has 20 heavy (non-hydrogen) atoms. The van der Waals surface area contributed by atoms with Gasteiger partial charge in [-0.1, -0.05) is 0 Å². The van der Waals surface area contributed by atoms with Gasteiger partial charge in [-0.3, -0.25) is 9.78 Å². The van der Waals surface area contributed by atoms with E-state index in [4.69, 9.17) is 0 Å². The molecule has 1 aliphatic heterocycles. The van der Waals surface area contributed by atoms with Crippen molar-refractivity contribution in [3.63, 3.8) is 0 Å². The highest BCUT2D eigenvalue weighted by atomic mass is 32.2. The normalized spacial score (nSPS) is 20.6. The summed E-state index contributed by atoms with van der Waals surface area (Å²) >= 11 is 0. The number of rotatable bonds is 3. The van der Waals surface area contributed by atoms with Crippen molar-refractivity contribution < 1.29 is 13.2 Å². The topological polar surface area (TPSA) is 79.4 Å². The summed E-state index contributed by atoms with van der Waals surface area (Å²) in [5, 5.41) is 2.87. The SMILES string of the molecule is Cc1ccc(C(=O)NC2CCCN(S(C)(=O)=O)C2)cn1. The Balaban J connectivity index is 1.99. The number of hydrogen-bond acceptors (Lipinski definition) is 4. The number of sulfonamides is 1. The van der Waals surface area contributed by atoms with E-state index in [-0.39, 0.29) is 11.9 Å². The van der Waals surface area contributed by atoms with Gasteiger partial charge >= 0.3 is 0 Å². The lowest BCUT2D eigenvalue weighted by Crippen LogP contribution is -2.49. The summed E-state index contributed by atoms with van der Waals surface area (Å²) in [7, 11) is -3.20. The number of carbonyl (C=O) groups excluding carboxylic acids is 1. The van der Waals surface area contributed by atoms with Gasteiger partial charge in [-0.25, -0.2) is 12.7 Å². The lowest BCUT2D eigenvalue weighted by Gasteiger charge is -2.31. The molecule has 1 N–H and O–H groups in total. The monoisotopic (exact) mass is 297 g/mol. The quantitative estimate of drug-likeness (QED) is 0.883. The summed E-state index contributed by atoms with van der Waals surface area (Å²) in [6, 6.07) is 3.35. The van der Waals surface area contributed by atoms with Gasteiger partial charge in [0.05, 0.1) is 11.8 Å². The smallest absolute Gasteiger partial charge is 0.253 e. The van der Waals surface area contributed by atoms with Crippen LogP contribution in [0.15, 0.2) is 18.3 Å². The number of aryl methyl sites for hydroxylation is 1. The maximum atomic E-state index is 12.1. The average molecular weight is 297 g/mol. The molecule has 0 spiro atoms. The van der Waals surface area contributed by atoms with E-state index >= 15 is 0 Å². The molecule has 0 aromatic carbocycles. The summed E-state index contributed by atoms with van der Waals surface area (Å²) in [5.74, 6) is -0.210. The fourth-order valence-corrected chi connectivity index (χ4v) is 3.14. The molecule has 2 heterocycles. The Hall–Kier alpha value is -1.47. The number of nitrogens with one attached hydrogen (secondary N) is 1. The molecule has 1 amide bonds. The molecule has 1 aliphatic rings. The second kappa shape index (κ2) is 5.88. The lowest BCUT2D eigenvalue weighted by molar-refractivity contribution is 0.0921. The Labute approximate surface area is 119 Å². The van der Waals surface area contributed by atoms with Crippen LogP contribution in [0.2, 0.25) is 0 Å². The molecule has 0 aliphatic carbocycles. The van der Waals surface area contributed by atoms with Gasteiger partial charge in [-0.15, -0.1) is 0 Å². The summed E-state index contributed by atoms with van der Waals surface area (Å²) in [6.45, 7) is 2.72. The Bertz CT molecular complexity index is 583. The van der Waals surface area contributed by atoms with Crippen molar-refractivity contribution in [2.24, 2.45) is 0 Å². The molecule has 1 fully saturated rings. The van der Waals surface area contributed by atoms with Crippen LogP contribution >= 0.6 is 0 Å². The van der Waals surface area contributed by atoms with Crippen molar-refractivity contribution in [1.29, 1.82) is 0 Å².